The van der Waals surface area contributed by atoms with Crippen LogP contribution >= 0.6 is 11.9 Å². The van der Waals surface area contributed by atoms with Crippen LogP contribution in [-0.2, 0) is 0 Å². The van der Waals surface area contributed by atoms with Gasteiger partial charge in [0.1, 0.15) is 5.82 Å². The van der Waals surface area contributed by atoms with Crippen LogP contribution in [0.3, 0.4) is 0 Å². The first-order valence-corrected chi connectivity index (χ1v) is 9.87. The lowest BCUT2D eigenvalue weighted by Crippen LogP contribution is -2.41. The molecule has 0 fully saturated rings. The number of para-hydroxylation sites is 1. The van der Waals surface area contributed by atoms with Crippen LogP contribution in [0.5, 0.6) is 11.5 Å². The van der Waals surface area contributed by atoms with Crippen LogP contribution in [0.2, 0.25) is 0 Å². The number of rotatable bonds is 4. The van der Waals surface area contributed by atoms with Gasteiger partial charge in [0.2, 0.25) is 0 Å². The summed E-state index contributed by atoms with van der Waals surface area (Å²) in [6, 6.07) is 15.1. The summed E-state index contributed by atoms with van der Waals surface area (Å²) in [7, 11) is 3.16. The number of ether oxygens (including phenoxy) is 2. The van der Waals surface area contributed by atoms with Crippen molar-refractivity contribution in [2.45, 2.75) is 18.7 Å². The highest BCUT2D eigenvalue weighted by Gasteiger charge is 2.35. The van der Waals surface area contributed by atoms with Crippen LogP contribution in [-0.4, -0.2) is 25.2 Å². The molecular formula is C22H21N3O3S. The standard InChI is InChI=1S/C22H21N3O3S/c1-14-11-15(2)21(23-13-14)24-17-7-5-6-8-20(17)29-25(22(24)26)16-9-10-18(27-3)19(12-16)28-4/h5-13H,1-4H3. The number of fused-ring (bicyclic) bond motifs is 1. The summed E-state index contributed by atoms with van der Waals surface area (Å²) in [5.74, 6) is 1.80. The van der Waals surface area contributed by atoms with Crippen molar-refractivity contribution in [3.05, 3.63) is 65.9 Å². The number of benzene rings is 2. The zero-order chi connectivity index (χ0) is 20.5. The lowest BCUT2D eigenvalue weighted by Gasteiger charge is -2.35. The molecule has 0 N–H and O–H groups in total. The van der Waals surface area contributed by atoms with E-state index in [1.54, 1.807) is 41.8 Å². The van der Waals surface area contributed by atoms with Crippen LogP contribution in [0, 0.1) is 13.8 Å². The first kappa shape index (κ1) is 19.1. The number of pyridine rings is 1. The minimum Gasteiger partial charge on any atom is -0.493 e. The number of amides is 2. The monoisotopic (exact) mass is 407 g/mol. The third-order valence-electron chi connectivity index (χ3n) is 4.66. The van der Waals surface area contributed by atoms with Crippen molar-refractivity contribution in [3.8, 4) is 11.5 Å². The van der Waals surface area contributed by atoms with E-state index in [1.807, 2.05) is 50.2 Å². The van der Waals surface area contributed by atoms with Gasteiger partial charge < -0.3 is 9.47 Å². The highest BCUT2D eigenvalue weighted by molar-refractivity contribution is 8.01. The number of nitrogens with zero attached hydrogens (tertiary/aromatic N) is 3. The number of hydrogen-bond donors (Lipinski definition) is 0. The quantitative estimate of drug-likeness (QED) is 0.535. The zero-order valence-corrected chi connectivity index (χ0v) is 17.5. The molecule has 0 saturated heterocycles. The summed E-state index contributed by atoms with van der Waals surface area (Å²) >= 11 is 1.38. The van der Waals surface area contributed by atoms with E-state index in [0.717, 1.165) is 21.7 Å². The number of carbonyl (C=O) groups is 1. The molecule has 4 rings (SSSR count). The molecular weight excluding hydrogens is 386 g/mol. The lowest BCUT2D eigenvalue weighted by atomic mass is 10.2. The van der Waals surface area contributed by atoms with Crippen molar-refractivity contribution in [1.82, 2.24) is 4.98 Å². The largest absolute Gasteiger partial charge is 0.493 e. The number of carbonyl (C=O) groups excluding carboxylic acids is 1. The molecule has 1 aromatic heterocycles. The van der Waals surface area contributed by atoms with Crippen LogP contribution in [0.1, 0.15) is 11.1 Å². The van der Waals surface area contributed by atoms with Gasteiger partial charge >= 0.3 is 6.03 Å². The maximum atomic E-state index is 13.6. The Morgan fingerprint density at radius 3 is 2.45 bits per heavy atom. The predicted octanol–water partition coefficient (Wildman–Crippen LogP) is 5.50. The second-order valence-corrected chi connectivity index (χ2v) is 7.65. The minimum absolute atomic E-state index is 0.194. The molecule has 0 spiro atoms. The van der Waals surface area contributed by atoms with Gasteiger partial charge in [-0.2, -0.15) is 0 Å². The van der Waals surface area contributed by atoms with Gasteiger partial charge in [0.05, 0.1) is 30.5 Å². The molecule has 29 heavy (non-hydrogen) atoms. The van der Waals surface area contributed by atoms with Crippen LogP contribution < -0.4 is 18.7 Å². The topological polar surface area (TPSA) is 54.9 Å². The second-order valence-electron chi connectivity index (χ2n) is 6.66. The molecule has 1 aliphatic heterocycles. The number of aromatic nitrogens is 1. The molecule has 0 aliphatic carbocycles. The molecule has 0 unspecified atom stereocenters. The molecule has 0 bridgehead atoms. The van der Waals surface area contributed by atoms with Gasteiger partial charge in [0.25, 0.3) is 0 Å². The Morgan fingerprint density at radius 1 is 0.966 bits per heavy atom. The van der Waals surface area contributed by atoms with Crippen LogP contribution in [0.25, 0.3) is 0 Å². The Labute approximate surface area is 174 Å². The third-order valence-corrected chi connectivity index (χ3v) is 5.75. The fraction of sp³-hybridized carbons (Fsp3) is 0.182. The second kappa shape index (κ2) is 7.67. The summed E-state index contributed by atoms with van der Waals surface area (Å²) in [4.78, 5) is 20.8. The molecule has 3 aromatic rings. The maximum absolute atomic E-state index is 13.6. The number of urea groups is 1. The smallest absolute Gasteiger partial charge is 0.345 e. The zero-order valence-electron chi connectivity index (χ0n) is 16.7. The molecule has 7 heteroatoms. The summed E-state index contributed by atoms with van der Waals surface area (Å²) in [5.41, 5.74) is 3.50. The summed E-state index contributed by atoms with van der Waals surface area (Å²) < 4.78 is 12.4. The van der Waals surface area contributed by atoms with Gasteiger partial charge in [-0.05, 0) is 61.2 Å². The van der Waals surface area contributed by atoms with Gasteiger partial charge in [0, 0.05) is 12.3 Å². The molecule has 148 valence electrons. The van der Waals surface area contributed by atoms with Crippen molar-refractivity contribution in [3.63, 3.8) is 0 Å². The number of hydrogen-bond acceptors (Lipinski definition) is 5. The van der Waals surface area contributed by atoms with Gasteiger partial charge in [-0.25, -0.2) is 19.0 Å². The molecule has 2 amide bonds. The van der Waals surface area contributed by atoms with E-state index in [1.165, 1.54) is 11.9 Å². The Morgan fingerprint density at radius 2 is 1.72 bits per heavy atom. The number of anilines is 3. The molecule has 0 atom stereocenters. The first-order chi connectivity index (χ1) is 14.0. The summed E-state index contributed by atoms with van der Waals surface area (Å²) in [5, 5.41) is 0. The fourth-order valence-corrected chi connectivity index (χ4v) is 4.28. The van der Waals surface area contributed by atoms with Crippen molar-refractivity contribution in [2.75, 3.05) is 23.4 Å². The van der Waals surface area contributed by atoms with E-state index in [4.69, 9.17) is 9.47 Å². The fourth-order valence-electron chi connectivity index (χ4n) is 3.31. The molecule has 0 radical (unpaired) electrons. The van der Waals surface area contributed by atoms with Crippen LogP contribution in [0.15, 0.2) is 59.6 Å². The average molecular weight is 407 g/mol. The van der Waals surface area contributed by atoms with E-state index in [0.29, 0.717) is 23.0 Å². The van der Waals surface area contributed by atoms with Crippen LogP contribution in [0.4, 0.5) is 22.0 Å². The minimum atomic E-state index is -0.194. The van der Waals surface area contributed by atoms with Gasteiger partial charge in [0.15, 0.2) is 11.5 Å². The Hall–Kier alpha value is -3.19. The van der Waals surface area contributed by atoms with Crippen molar-refractivity contribution in [1.29, 1.82) is 0 Å². The van der Waals surface area contributed by atoms with Gasteiger partial charge in [-0.3, -0.25) is 0 Å². The van der Waals surface area contributed by atoms with E-state index < -0.39 is 0 Å². The van der Waals surface area contributed by atoms with Gasteiger partial charge in [-0.15, -0.1) is 0 Å². The average Bonchev–Trinajstić information content (AvgIpc) is 2.73. The number of aryl methyl sites for hydroxylation is 2. The predicted molar refractivity (Wildman–Crippen MR) is 116 cm³/mol. The third kappa shape index (κ3) is 3.38. The van der Waals surface area contributed by atoms with Crippen molar-refractivity contribution >= 4 is 35.2 Å². The molecule has 2 heterocycles. The Balaban J connectivity index is 1.84. The Kier molecular flexibility index (Phi) is 5.07. The molecule has 2 aromatic carbocycles. The van der Waals surface area contributed by atoms with E-state index in [-0.39, 0.29) is 6.03 Å². The van der Waals surface area contributed by atoms with E-state index in [9.17, 15) is 4.79 Å². The van der Waals surface area contributed by atoms with Crippen molar-refractivity contribution in [2.24, 2.45) is 0 Å². The first-order valence-electron chi connectivity index (χ1n) is 9.10. The summed E-state index contributed by atoms with van der Waals surface area (Å²) in [6.45, 7) is 3.95. The van der Waals surface area contributed by atoms with E-state index >= 15 is 0 Å². The van der Waals surface area contributed by atoms with Gasteiger partial charge in [-0.1, -0.05) is 18.2 Å². The molecule has 0 saturated carbocycles. The maximum Gasteiger partial charge on any atom is 0.345 e. The molecule has 6 nitrogen and oxygen atoms in total. The molecule has 1 aliphatic rings. The SMILES string of the molecule is COc1ccc(N2Sc3ccccc3N(c3ncc(C)cc3C)C2=O)cc1OC. The normalized spacial score (nSPS) is 13.3. The van der Waals surface area contributed by atoms with Crippen molar-refractivity contribution < 1.29 is 14.3 Å². The highest BCUT2D eigenvalue weighted by Crippen LogP contribution is 2.45. The Bertz CT molecular complexity index is 1090. The van der Waals surface area contributed by atoms with E-state index in [2.05, 4.69) is 4.98 Å². The lowest BCUT2D eigenvalue weighted by molar-refractivity contribution is 0.256. The summed E-state index contributed by atoms with van der Waals surface area (Å²) in [6.07, 6.45) is 1.78. The highest BCUT2D eigenvalue weighted by atomic mass is 32.2. The number of methoxy groups -OCH3 is 2.